The van der Waals surface area contributed by atoms with Crippen LogP contribution in [0.5, 0.6) is 17.2 Å². The lowest BCUT2D eigenvalue weighted by molar-refractivity contribution is -0.114. The molecule has 3 aromatic carbocycles. The number of rotatable bonds is 10. The third kappa shape index (κ3) is 6.24. The van der Waals surface area contributed by atoms with Crippen LogP contribution in [-0.4, -0.2) is 47.3 Å². The fourth-order valence-electron chi connectivity index (χ4n) is 4.13. The Kier molecular flexibility index (Phi) is 8.92. The van der Waals surface area contributed by atoms with Gasteiger partial charge in [0.25, 0.3) is 5.91 Å². The van der Waals surface area contributed by atoms with Crippen LogP contribution in [0, 0.1) is 5.41 Å². The van der Waals surface area contributed by atoms with Crippen molar-refractivity contribution in [2.45, 2.75) is 6.42 Å². The maximum atomic E-state index is 12.9. The highest BCUT2D eigenvalue weighted by Gasteiger charge is 2.36. The number of carbonyl (C=O) groups is 1. The van der Waals surface area contributed by atoms with E-state index in [0.717, 1.165) is 11.3 Å². The summed E-state index contributed by atoms with van der Waals surface area (Å²) in [4.78, 5) is 17.1. The molecule has 41 heavy (non-hydrogen) atoms. The summed E-state index contributed by atoms with van der Waals surface area (Å²) in [6.07, 6.45) is 4.13. The standard InChI is InChI=1S/C30H24BrClN4O4S/c1-3-8-19-9-4-7-12-24(19)39-13-14-40-26-22(31)16-18(17-25(26)38-2)15-21-27(33)36-30(34-28(21)37)41-29(35-36)20-10-5-6-11-23(20)32/h3-7,9-12,15-17,33H,1,8,13-14H2,2H3/b21-15-,33-27?. The van der Waals surface area contributed by atoms with E-state index in [4.69, 9.17) is 31.2 Å². The minimum Gasteiger partial charge on any atom is -0.493 e. The number of carbonyl (C=O) groups excluding carboxylic acids is 1. The molecule has 0 aromatic heterocycles. The first-order chi connectivity index (χ1) is 19.9. The lowest BCUT2D eigenvalue weighted by Crippen LogP contribution is -2.35. The molecule has 8 nitrogen and oxygen atoms in total. The number of hydrogen-bond acceptors (Lipinski definition) is 7. The van der Waals surface area contributed by atoms with Gasteiger partial charge in [0.1, 0.15) is 24.0 Å². The van der Waals surface area contributed by atoms with Crippen molar-refractivity contribution in [1.29, 1.82) is 5.41 Å². The van der Waals surface area contributed by atoms with Crippen LogP contribution in [0.1, 0.15) is 16.7 Å². The quantitative estimate of drug-likeness (QED) is 0.145. The number of nitrogens with one attached hydrogen (secondary N) is 1. The average molecular weight is 652 g/mol. The summed E-state index contributed by atoms with van der Waals surface area (Å²) in [5, 5.41) is 15.9. The van der Waals surface area contributed by atoms with Gasteiger partial charge >= 0.3 is 0 Å². The minimum atomic E-state index is -0.534. The number of benzene rings is 3. The van der Waals surface area contributed by atoms with Gasteiger partial charge in [0.05, 0.1) is 22.2 Å². The zero-order chi connectivity index (χ0) is 28.9. The lowest BCUT2D eigenvalue weighted by Gasteiger charge is -2.20. The fraction of sp³-hybridized carbons (Fsp3) is 0.133. The summed E-state index contributed by atoms with van der Waals surface area (Å²) in [5.41, 5.74) is 2.46. The average Bonchev–Trinajstić information content (AvgIpc) is 3.39. The molecule has 11 heteroatoms. The van der Waals surface area contributed by atoms with E-state index in [2.05, 4.69) is 32.6 Å². The van der Waals surface area contributed by atoms with Crippen molar-refractivity contribution >= 4 is 67.3 Å². The monoisotopic (exact) mass is 650 g/mol. The molecule has 2 aliphatic rings. The van der Waals surface area contributed by atoms with Crippen LogP contribution in [0.25, 0.3) is 6.08 Å². The van der Waals surface area contributed by atoms with E-state index in [0.29, 0.717) is 55.4 Å². The largest absolute Gasteiger partial charge is 0.493 e. The molecule has 0 bridgehead atoms. The molecule has 2 heterocycles. The Bertz CT molecular complexity index is 1640. The number of methoxy groups -OCH3 is 1. The van der Waals surface area contributed by atoms with Gasteiger partial charge in [0, 0.05) is 5.56 Å². The van der Waals surface area contributed by atoms with Gasteiger partial charge in [-0.3, -0.25) is 10.2 Å². The molecule has 0 atom stereocenters. The van der Waals surface area contributed by atoms with Crippen molar-refractivity contribution in [3.05, 3.63) is 105 Å². The van der Waals surface area contributed by atoms with Crippen molar-refractivity contribution in [3.8, 4) is 17.2 Å². The predicted molar refractivity (Wildman–Crippen MR) is 168 cm³/mol. The number of thioether (sulfide) groups is 1. The number of amides is 1. The lowest BCUT2D eigenvalue weighted by atomic mass is 10.1. The number of hydrazone groups is 1. The maximum Gasteiger partial charge on any atom is 0.283 e. The van der Waals surface area contributed by atoms with Crippen molar-refractivity contribution in [1.82, 2.24) is 5.01 Å². The molecule has 1 amide bonds. The van der Waals surface area contributed by atoms with E-state index in [1.54, 1.807) is 24.3 Å². The summed E-state index contributed by atoms with van der Waals surface area (Å²) in [7, 11) is 1.53. The second kappa shape index (κ2) is 12.8. The van der Waals surface area contributed by atoms with E-state index in [1.807, 2.05) is 48.5 Å². The Balaban J connectivity index is 1.31. The van der Waals surface area contributed by atoms with Gasteiger partial charge < -0.3 is 14.2 Å². The van der Waals surface area contributed by atoms with Gasteiger partial charge in [-0.1, -0.05) is 54.1 Å². The first kappa shape index (κ1) is 28.7. The van der Waals surface area contributed by atoms with Crippen molar-refractivity contribution in [2.24, 2.45) is 10.1 Å². The van der Waals surface area contributed by atoms with Crippen LogP contribution < -0.4 is 14.2 Å². The first-order valence-corrected chi connectivity index (χ1v) is 14.5. The highest BCUT2D eigenvalue weighted by molar-refractivity contribution is 9.10. The van der Waals surface area contributed by atoms with Crippen LogP contribution in [0.4, 0.5) is 0 Å². The number of aliphatic imine (C=N–C) groups is 1. The molecule has 208 valence electrons. The first-order valence-electron chi connectivity index (χ1n) is 12.5. The van der Waals surface area contributed by atoms with Crippen LogP contribution in [-0.2, 0) is 11.2 Å². The summed E-state index contributed by atoms with van der Waals surface area (Å²) in [6, 6.07) is 18.6. The molecule has 5 rings (SSSR count). The maximum absolute atomic E-state index is 12.9. The molecule has 2 aliphatic heterocycles. The topological polar surface area (TPSA) is 96.6 Å². The molecule has 0 aliphatic carbocycles. The summed E-state index contributed by atoms with van der Waals surface area (Å²) in [5.74, 6) is 1.11. The molecule has 0 radical (unpaired) electrons. The molecular weight excluding hydrogens is 628 g/mol. The van der Waals surface area contributed by atoms with Crippen molar-refractivity contribution < 1.29 is 19.0 Å². The summed E-state index contributed by atoms with van der Waals surface area (Å²) < 4.78 is 18.1. The third-order valence-electron chi connectivity index (χ3n) is 6.05. The highest BCUT2D eigenvalue weighted by Crippen LogP contribution is 2.38. The summed E-state index contributed by atoms with van der Waals surface area (Å²) >= 11 is 11.1. The van der Waals surface area contributed by atoms with Gasteiger partial charge in [-0.15, -0.1) is 6.58 Å². The molecule has 0 fully saturated rings. The van der Waals surface area contributed by atoms with Crippen molar-refractivity contribution in [2.75, 3.05) is 20.3 Å². The zero-order valence-corrected chi connectivity index (χ0v) is 25.1. The Morgan fingerprint density at radius 3 is 2.63 bits per heavy atom. The molecule has 0 spiro atoms. The van der Waals surface area contributed by atoms with E-state index < -0.39 is 5.91 Å². The fourth-order valence-corrected chi connectivity index (χ4v) is 5.92. The van der Waals surface area contributed by atoms with Gasteiger partial charge in [-0.05, 0) is 75.6 Å². The second-order valence-electron chi connectivity index (χ2n) is 8.74. The number of ether oxygens (including phenoxy) is 3. The van der Waals surface area contributed by atoms with Crippen LogP contribution in [0.15, 0.2) is 93.5 Å². The Morgan fingerprint density at radius 2 is 1.85 bits per heavy atom. The van der Waals surface area contributed by atoms with Crippen LogP contribution in [0.3, 0.4) is 0 Å². The van der Waals surface area contributed by atoms with Gasteiger partial charge in [0.2, 0.25) is 5.17 Å². The van der Waals surface area contributed by atoms with Gasteiger partial charge in [-0.2, -0.15) is 15.1 Å². The van der Waals surface area contributed by atoms with E-state index in [1.165, 1.54) is 23.9 Å². The smallest absolute Gasteiger partial charge is 0.283 e. The number of nitrogens with zero attached hydrogens (tertiary/aromatic N) is 3. The van der Waals surface area contributed by atoms with E-state index in [-0.39, 0.29) is 18.0 Å². The molecule has 1 N–H and O–H groups in total. The Labute approximate surface area is 255 Å². The van der Waals surface area contributed by atoms with Crippen molar-refractivity contribution in [3.63, 3.8) is 0 Å². The normalized spacial score (nSPS) is 15.4. The second-order valence-corrected chi connectivity index (χ2v) is 11.0. The number of fused-ring (bicyclic) bond motifs is 1. The van der Waals surface area contributed by atoms with Crippen LogP contribution in [0.2, 0.25) is 5.02 Å². The minimum absolute atomic E-state index is 0.0844. The highest BCUT2D eigenvalue weighted by atomic mass is 79.9. The predicted octanol–water partition coefficient (Wildman–Crippen LogP) is 6.96. The number of para-hydroxylation sites is 1. The SMILES string of the molecule is C=CCc1ccccc1OCCOc1c(Br)cc(/C=C2/C(=N)N3N=C(c4ccccc4Cl)SC3=NC2=O)cc1OC. The number of allylic oxidation sites excluding steroid dienone is 1. The molecule has 0 saturated carbocycles. The molecule has 0 saturated heterocycles. The Morgan fingerprint density at radius 1 is 1.10 bits per heavy atom. The summed E-state index contributed by atoms with van der Waals surface area (Å²) in [6.45, 7) is 4.39. The molecular formula is C30H24BrClN4O4S. The number of halogens is 2. The van der Waals surface area contributed by atoms with E-state index in [9.17, 15) is 4.79 Å². The zero-order valence-electron chi connectivity index (χ0n) is 21.9. The number of hydrogen-bond donors (Lipinski definition) is 1. The van der Waals surface area contributed by atoms with Gasteiger partial charge in [0.15, 0.2) is 17.3 Å². The van der Waals surface area contributed by atoms with Gasteiger partial charge in [-0.25, -0.2) is 0 Å². The third-order valence-corrected chi connectivity index (χ3v) is 7.91. The van der Waals surface area contributed by atoms with Crippen LogP contribution >= 0.6 is 39.3 Å². The van der Waals surface area contributed by atoms with E-state index >= 15 is 0 Å². The Hall–Kier alpha value is -3.86. The molecule has 0 unspecified atom stereocenters. The number of amidine groups is 2. The molecule has 3 aromatic rings.